The summed E-state index contributed by atoms with van der Waals surface area (Å²) in [5.41, 5.74) is 0.994. The summed E-state index contributed by atoms with van der Waals surface area (Å²) in [7, 11) is 0. The maximum atomic E-state index is 12.9. The largest absolute Gasteiger partial charge is 0.395 e. The molecule has 0 amide bonds. The highest BCUT2D eigenvalue weighted by molar-refractivity contribution is 9.10. The zero-order chi connectivity index (χ0) is 12.8. The summed E-state index contributed by atoms with van der Waals surface area (Å²) in [5.74, 6) is 0.290. The van der Waals surface area contributed by atoms with E-state index >= 15 is 0 Å². The van der Waals surface area contributed by atoms with Crippen molar-refractivity contribution in [1.29, 1.82) is 0 Å². The van der Waals surface area contributed by atoms with E-state index in [1.807, 2.05) is 0 Å². The quantitative estimate of drug-likeness (QED) is 0.846. The van der Waals surface area contributed by atoms with E-state index in [2.05, 4.69) is 35.1 Å². The molecule has 1 aromatic carbocycles. The smallest absolute Gasteiger partial charge is 0.124 e. The second kappa shape index (κ2) is 7.09. The van der Waals surface area contributed by atoms with Crippen molar-refractivity contribution in [3.05, 3.63) is 34.1 Å². The second-order valence-corrected chi connectivity index (χ2v) is 5.48. The lowest BCUT2D eigenvalue weighted by Crippen LogP contribution is -2.33. The van der Waals surface area contributed by atoms with Crippen molar-refractivity contribution in [2.75, 3.05) is 6.61 Å². The average Bonchev–Trinajstić information content (AvgIpc) is 2.25. The molecule has 0 aliphatic heterocycles. The number of hydrogen-bond acceptors (Lipinski definition) is 2. The molecule has 2 N–H and O–H groups in total. The third-order valence-corrected chi connectivity index (χ3v) is 3.31. The highest BCUT2D eigenvalue weighted by Gasteiger charge is 2.10. The van der Waals surface area contributed by atoms with Gasteiger partial charge < -0.3 is 10.4 Å². The van der Waals surface area contributed by atoms with Crippen LogP contribution in [-0.2, 0) is 6.54 Å². The Hall–Kier alpha value is -0.450. The molecule has 0 spiro atoms. The van der Waals surface area contributed by atoms with Gasteiger partial charge >= 0.3 is 0 Å². The summed E-state index contributed by atoms with van der Waals surface area (Å²) < 4.78 is 13.6. The standard InChI is InChI=1S/C13H19BrFNO/c1-9(2)5-12(8-17)16-7-10-3-4-11(15)6-13(10)14/h3-4,6,9,12,16-17H,5,7-8H2,1-2H3. The molecular formula is C13H19BrFNO. The van der Waals surface area contributed by atoms with Crippen LogP contribution in [0.2, 0.25) is 0 Å². The summed E-state index contributed by atoms with van der Waals surface area (Å²) >= 11 is 3.33. The van der Waals surface area contributed by atoms with Gasteiger partial charge in [-0.25, -0.2) is 4.39 Å². The van der Waals surface area contributed by atoms with E-state index in [4.69, 9.17) is 0 Å². The topological polar surface area (TPSA) is 32.3 Å². The van der Waals surface area contributed by atoms with Crippen molar-refractivity contribution in [3.63, 3.8) is 0 Å². The molecule has 0 aliphatic rings. The monoisotopic (exact) mass is 303 g/mol. The average molecular weight is 304 g/mol. The van der Waals surface area contributed by atoms with Crippen LogP contribution in [0.15, 0.2) is 22.7 Å². The Bertz CT molecular complexity index is 357. The summed E-state index contributed by atoms with van der Waals surface area (Å²) in [6.45, 7) is 4.99. The van der Waals surface area contributed by atoms with Gasteiger partial charge in [0, 0.05) is 17.1 Å². The van der Waals surface area contributed by atoms with Gasteiger partial charge in [0.1, 0.15) is 5.82 Å². The first-order chi connectivity index (χ1) is 8.02. The summed E-state index contributed by atoms with van der Waals surface area (Å²) in [6.07, 6.45) is 0.926. The molecule has 0 aliphatic carbocycles. The maximum Gasteiger partial charge on any atom is 0.124 e. The Morgan fingerprint density at radius 3 is 2.65 bits per heavy atom. The van der Waals surface area contributed by atoms with Gasteiger partial charge in [-0.2, -0.15) is 0 Å². The third-order valence-electron chi connectivity index (χ3n) is 2.57. The zero-order valence-electron chi connectivity index (χ0n) is 10.2. The normalized spacial score (nSPS) is 13.1. The highest BCUT2D eigenvalue weighted by atomic mass is 79.9. The SMILES string of the molecule is CC(C)CC(CO)NCc1ccc(F)cc1Br. The van der Waals surface area contributed by atoms with Gasteiger partial charge in [-0.15, -0.1) is 0 Å². The van der Waals surface area contributed by atoms with Crippen molar-refractivity contribution in [2.24, 2.45) is 5.92 Å². The van der Waals surface area contributed by atoms with Crippen LogP contribution in [0.4, 0.5) is 4.39 Å². The number of halogens is 2. The fourth-order valence-electron chi connectivity index (χ4n) is 1.71. The Morgan fingerprint density at radius 1 is 1.41 bits per heavy atom. The first-order valence-electron chi connectivity index (χ1n) is 5.81. The van der Waals surface area contributed by atoms with E-state index in [1.165, 1.54) is 12.1 Å². The fourth-order valence-corrected chi connectivity index (χ4v) is 2.20. The molecule has 1 aromatic rings. The Kier molecular flexibility index (Phi) is 6.09. The van der Waals surface area contributed by atoms with Crippen LogP contribution < -0.4 is 5.32 Å². The molecular weight excluding hydrogens is 285 g/mol. The summed E-state index contributed by atoms with van der Waals surface area (Å²) in [4.78, 5) is 0. The van der Waals surface area contributed by atoms with E-state index < -0.39 is 0 Å². The van der Waals surface area contributed by atoms with E-state index in [1.54, 1.807) is 6.07 Å². The molecule has 4 heteroatoms. The molecule has 17 heavy (non-hydrogen) atoms. The minimum absolute atomic E-state index is 0.0898. The minimum Gasteiger partial charge on any atom is -0.395 e. The molecule has 2 nitrogen and oxygen atoms in total. The van der Waals surface area contributed by atoms with Crippen LogP contribution in [0, 0.1) is 11.7 Å². The van der Waals surface area contributed by atoms with Crippen LogP contribution >= 0.6 is 15.9 Å². The van der Waals surface area contributed by atoms with Crippen molar-refractivity contribution >= 4 is 15.9 Å². The van der Waals surface area contributed by atoms with Crippen molar-refractivity contribution in [1.82, 2.24) is 5.32 Å². The minimum atomic E-state index is -0.249. The Morgan fingerprint density at radius 2 is 2.12 bits per heavy atom. The molecule has 0 radical (unpaired) electrons. The number of hydrogen-bond donors (Lipinski definition) is 2. The van der Waals surface area contributed by atoms with Crippen LogP contribution in [-0.4, -0.2) is 17.8 Å². The maximum absolute atomic E-state index is 12.9. The summed E-state index contributed by atoms with van der Waals surface area (Å²) in [6, 6.07) is 4.73. The highest BCUT2D eigenvalue weighted by Crippen LogP contribution is 2.18. The predicted octanol–water partition coefficient (Wildman–Crippen LogP) is 3.08. The second-order valence-electron chi connectivity index (χ2n) is 4.63. The first kappa shape index (κ1) is 14.6. The molecule has 96 valence electrons. The molecule has 0 saturated carbocycles. The number of nitrogens with one attached hydrogen (secondary N) is 1. The predicted molar refractivity (Wildman–Crippen MR) is 71.3 cm³/mol. The molecule has 1 rings (SSSR count). The first-order valence-corrected chi connectivity index (χ1v) is 6.60. The molecule has 1 atom stereocenters. The van der Waals surface area contributed by atoms with Gasteiger partial charge in [-0.3, -0.25) is 0 Å². The van der Waals surface area contributed by atoms with Crippen LogP contribution in [0.3, 0.4) is 0 Å². The lowest BCUT2D eigenvalue weighted by atomic mass is 10.0. The third kappa shape index (κ3) is 5.15. The van der Waals surface area contributed by atoms with Crippen LogP contribution in [0.1, 0.15) is 25.8 Å². The molecule has 0 saturated heterocycles. The molecule has 0 bridgehead atoms. The van der Waals surface area contributed by atoms with Crippen LogP contribution in [0.25, 0.3) is 0 Å². The number of rotatable bonds is 6. The lowest BCUT2D eigenvalue weighted by molar-refractivity contribution is 0.223. The van der Waals surface area contributed by atoms with Gasteiger partial charge in [0.25, 0.3) is 0 Å². The van der Waals surface area contributed by atoms with E-state index in [0.717, 1.165) is 16.5 Å². The van der Waals surface area contributed by atoms with E-state index in [-0.39, 0.29) is 18.5 Å². The molecule has 1 unspecified atom stereocenters. The molecule has 0 aromatic heterocycles. The van der Waals surface area contributed by atoms with Gasteiger partial charge in [0.2, 0.25) is 0 Å². The van der Waals surface area contributed by atoms with Crippen molar-refractivity contribution < 1.29 is 9.50 Å². The van der Waals surface area contributed by atoms with Crippen molar-refractivity contribution in [2.45, 2.75) is 32.9 Å². The molecule has 0 heterocycles. The summed E-state index contributed by atoms with van der Waals surface area (Å²) in [5, 5.41) is 12.5. The van der Waals surface area contributed by atoms with E-state index in [0.29, 0.717) is 12.5 Å². The Balaban J connectivity index is 2.53. The number of aliphatic hydroxyl groups is 1. The lowest BCUT2D eigenvalue weighted by Gasteiger charge is -2.18. The van der Waals surface area contributed by atoms with Gasteiger partial charge in [0.15, 0.2) is 0 Å². The van der Waals surface area contributed by atoms with Crippen molar-refractivity contribution in [3.8, 4) is 0 Å². The number of aliphatic hydroxyl groups excluding tert-OH is 1. The van der Waals surface area contributed by atoms with Gasteiger partial charge in [-0.1, -0.05) is 35.8 Å². The zero-order valence-corrected chi connectivity index (χ0v) is 11.8. The fraction of sp³-hybridized carbons (Fsp3) is 0.538. The van der Waals surface area contributed by atoms with E-state index in [9.17, 15) is 9.50 Å². The van der Waals surface area contributed by atoms with Gasteiger partial charge in [-0.05, 0) is 30.0 Å². The Labute approximate surface area is 110 Å². The van der Waals surface area contributed by atoms with Crippen LogP contribution in [0.5, 0.6) is 0 Å². The number of benzene rings is 1. The van der Waals surface area contributed by atoms with Gasteiger partial charge in [0.05, 0.1) is 6.61 Å². The molecule has 0 fully saturated rings.